The van der Waals surface area contributed by atoms with Crippen LogP contribution >= 0.6 is 0 Å². The lowest BCUT2D eigenvalue weighted by atomic mass is 10.3. The number of carbonyl (C=O) groups excluding carboxylic acids is 1. The number of likely N-dealkylation sites (tertiary alicyclic amines) is 1. The van der Waals surface area contributed by atoms with Crippen molar-refractivity contribution in [1.29, 1.82) is 0 Å². The van der Waals surface area contributed by atoms with Crippen molar-refractivity contribution in [1.82, 2.24) is 4.90 Å². The van der Waals surface area contributed by atoms with Crippen molar-refractivity contribution in [3.05, 3.63) is 58.4 Å². The summed E-state index contributed by atoms with van der Waals surface area (Å²) in [6.07, 6.45) is 0.473. The van der Waals surface area contributed by atoms with Crippen molar-refractivity contribution in [2.45, 2.75) is 19.4 Å². The van der Waals surface area contributed by atoms with E-state index in [-0.39, 0.29) is 18.0 Å². The first kappa shape index (κ1) is 16.0. The summed E-state index contributed by atoms with van der Waals surface area (Å²) in [7, 11) is 0. The zero-order valence-corrected chi connectivity index (χ0v) is 13.1. The molecule has 2 aromatic rings. The molecular weight excluding hydrogens is 315 g/mol. The Morgan fingerprint density at radius 2 is 2.08 bits per heavy atom. The van der Waals surface area contributed by atoms with E-state index in [1.165, 1.54) is 30.3 Å². The molecule has 2 amide bonds. The third-order valence-corrected chi connectivity index (χ3v) is 3.70. The molecule has 1 aromatic carbocycles. The van der Waals surface area contributed by atoms with E-state index in [1.54, 1.807) is 17.9 Å². The summed E-state index contributed by atoms with van der Waals surface area (Å²) >= 11 is 0. The fourth-order valence-electron chi connectivity index (χ4n) is 2.58. The number of hydrogen-bond donors (Lipinski definition) is 1. The van der Waals surface area contributed by atoms with E-state index in [0.717, 1.165) is 0 Å². The molecule has 6 nitrogen and oxygen atoms in total. The van der Waals surface area contributed by atoms with Gasteiger partial charge in [0.15, 0.2) is 0 Å². The standard InChI is InChI=1S/C17H17FN2O4/c1-11-8-15(9-16(21)23-11)24-14-6-7-20(10-14)17(22)19-13-4-2-12(18)3-5-13/h2-5,8-9,14H,6-7,10H2,1H3,(H,19,22)/t14-/m0/s1. The van der Waals surface area contributed by atoms with Gasteiger partial charge in [0.2, 0.25) is 0 Å². The van der Waals surface area contributed by atoms with E-state index in [9.17, 15) is 14.0 Å². The second-order valence-electron chi connectivity index (χ2n) is 5.63. The molecule has 0 unspecified atom stereocenters. The first-order valence-electron chi connectivity index (χ1n) is 7.59. The Hall–Kier alpha value is -2.83. The summed E-state index contributed by atoms with van der Waals surface area (Å²) in [5, 5.41) is 2.71. The van der Waals surface area contributed by atoms with Crippen LogP contribution in [0.3, 0.4) is 0 Å². The normalized spacial score (nSPS) is 16.9. The Kier molecular flexibility index (Phi) is 4.50. The van der Waals surface area contributed by atoms with E-state index in [2.05, 4.69) is 5.32 Å². The molecule has 7 heteroatoms. The van der Waals surface area contributed by atoms with Gasteiger partial charge in [-0.3, -0.25) is 0 Å². The fraction of sp³-hybridized carbons (Fsp3) is 0.294. The Balaban J connectivity index is 1.57. The summed E-state index contributed by atoms with van der Waals surface area (Å²) in [4.78, 5) is 25.2. The van der Waals surface area contributed by atoms with Crippen LogP contribution in [-0.4, -0.2) is 30.1 Å². The lowest BCUT2D eigenvalue weighted by molar-refractivity contribution is 0.193. The molecule has 2 heterocycles. The van der Waals surface area contributed by atoms with Crippen molar-refractivity contribution in [3.8, 4) is 5.75 Å². The maximum atomic E-state index is 12.9. The smallest absolute Gasteiger partial charge is 0.339 e. The van der Waals surface area contributed by atoms with E-state index in [1.807, 2.05) is 0 Å². The monoisotopic (exact) mass is 332 g/mol. The molecule has 3 rings (SSSR count). The average molecular weight is 332 g/mol. The largest absolute Gasteiger partial charge is 0.488 e. The molecule has 0 saturated carbocycles. The van der Waals surface area contributed by atoms with Crippen molar-refractivity contribution in [2.75, 3.05) is 18.4 Å². The Bertz CT molecular complexity index is 788. The van der Waals surface area contributed by atoms with E-state index >= 15 is 0 Å². The van der Waals surface area contributed by atoms with Crippen LogP contribution in [-0.2, 0) is 0 Å². The maximum absolute atomic E-state index is 12.9. The summed E-state index contributed by atoms with van der Waals surface area (Å²) in [5.74, 6) is 0.557. The lowest BCUT2D eigenvalue weighted by Crippen LogP contribution is -2.34. The number of rotatable bonds is 3. The molecule has 0 radical (unpaired) electrons. The fourth-order valence-corrected chi connectivity index (χ4v) is 2.58. The predicted octanol–water partition coefficient (Wildman–Crippen LogP) is 2.77. The Labute approximate surface area is 137 Å². The molecule has 126 valence electrons. The van der Waals surface area contributed by atoms with Gasteiger partial charge in [-0.2, -0.15) is 0 Å². The molecule has 24 heavy (non-hydrogen) atoms. The van der Waals surface area contributed by atoms with Crippen molar-refractivity contribution in [2.24, 2.45) is 0 Å². The van der Waals surface area contributed by atoms with E-state index in [4.69, 9.17) is 9.15 Å². The molecule has 0 spiro atoms. The number of ether oxygens (including phenoxy) is 1. The van der Waals surface area contributed by atoms with Crippen LogP contribution in [0.4, 0.5) is 14.9 Å². The number of benzene rings is 1. The average Bonchev–Trinajstić information content (AvgIpc) is 2.97. The van der Waals surface area contributed by atoms with Gasteiger partial charge in [0.1, 0.15) is 23.4 Å². The highest BCUT2D eigenvalue weighted by Crippen LogP contribution is 2.19. The minimum atomic E-state index is -0.464. The van der Waals surface area contributed by atoms with Gasteiger partial charge in [0.25, 0.3) is 0 Å². The molecule has 1 N–H and O–H groups in total. The second kappa shape index (κ2) is 6.74. The number of nitrogens with zero attached hydrogens (tertiary/aromatic N) is 1. The quantitative estimate of drug-likeness (QED) is 0.938. The number of anilines is 1. The summed E-state index contributed by atoms with van der Waals surface area (Å²) in [6, 6.07) is 8.24. The molecule has 1 aliphatic heterocycles. The third-order valence-electron chi connectivity index (χ3n) is 3.70. The minimum Gasteiger partial charge on any atom is -0.488 e. The summed E-state index contributed by atoms with van der Waals surface area (Å²) < 4.78 is 23.5. The number of aryl methyl sites for hydroxylation is 1. The maximum Gasteiger partial charge on any atom is 0.339 e. The highest BCUT2D eigenvalue weighted by molar-refractivity contribution is 5.89. The van der Waals surface area contributed by atoms with Gasteiger partial charge in [-0.25, -0.2) is 14.0 Å². The van der Waals surface area contributed by atoms with Crippen LogP contribution in [0, 0.1) is 12.7 Å². The second-order valence-corrected chi connectivity index (χ2v) is 5.63. The van der Waals surface area contributed by atoms with Crippen molar-refractivity contribution < 1.29 is 18.3 Å². The first-order valence-corrected chi connectivity index (χ1v) is 7.59. The first-order chi connectivity index (χ1) is 11.5. The zero-order valence-electron chi connectivity index (χ0n) is 13.1. The number of urea groups is 1. The van der Waals surface area contributed by atoms with E-state index in [0.29, 0.717) is 36.7 Å². The van der Waals surface area contributed by atoms with Crippen LogP contribution in [0.2, 0.25) is 0 Å². The molecule has 1 fully saturated rings. The summed E-state index contributed by atoms with van der Waals surface area (Å²) in [5.41, 5.74) is 0.0657. The molecular formula is C17H17FN2O4. The van der Waals surface area contributed by atoms with Crippen LogP contribution in [0.15, 0.2) is 45.6 Å². The SMILES string of the molecule is Cc1cc(O[C@H]2CCN(C(=O)Nc3ccc(F)cc3)C2)cc(=O)o1. The van der Waals surface area contributed by atoms with Gasteiger partial charge >= 0.3 is 11.7 Å². The topological polar surface area (TPSA) is 71.8 Å². The van der Waals surface area contributed by atoms with Crippen molar-refractivity contribution >= 4 is 11.7 Å². The Morgan fingerprint density at radius 3 is 2.79 bits per heavy atom. The van der Waals surface area contributed by atoms with Crippen LogP contribution in [0.25, 0.3) is 0 Å². The van der Waals surface area contributed by atoms with Gasteiger partial charge in [0.05, 0.1) is 12.6 Å². The van der Waals surface area contributed by atoms with Crippen LogP contribution < -0.4 is 15.7 Å². The predicted molar refractivity (Wildman–Crippen MR) is 85.7 cm³/mol. The molecule has 1 atom stereocenters. The number of carbonyl (C=O) groups is 1. The zero-order chi connectivity index (χ0) is 17.1. The highest BCUT2D eigenvalue weighted by atomic mass is 19.1. The Morgan fingerprint density at radius 1 is 1.33 bits per heavy atom. The number of halogens is 1. The van der Waals surface area contributed by atoms with Gasteiger partial charge in [-0.05, 0) is 31.2 Å². The molecule has 1 aromatic heterocycles. The van der Waals surface area contributed by atoms with Gasteiger partial charge in [-0.1, -0.05) is 0 Å². The summed E-state index contributed by atoms with van der Waals surface area (Å²) in [6.45, 7) is 2.62. The van der Waals surface area contributed by atoms with Gasteiger partial charge < -0.3 is 19.4 Å². The molecule has 0 aliphatic carbocycles. The van der Waals surface area contributed by atoms with Crippen LogP contribution in [0.1, 0.15) is 12.2 Å². The minimum absolute atomic E-state index is 0.190. The lowest BCUT2D eigenvalue weighted by Gasteiger charge is -2.18. The third kappa shape index (κ3) is 3.92. The van der Waals surface area contributed by atoms with Crippen molar-refractivity contribution in [3.63, 3.8) is 0 Å². The number of nitrogens with one attached hydrogen (secondary N) is 1. The van der Waals surface area contributed by atoms with E-state index < -0.39 is 5.63 Å². The highest BCUT2D eigenvalue weighted by Gasteiger charge is 2.27. The van der Waals surface area contributed by atoms with Crippen LogP contribution in [0.5, 0.6) is 5.75 Å². The van der Waals surface area contributed by atoms with Gasteiger partial charge in [0, 0.05) is 24.7 Å². The van der Waals surface area contributed by atoms with Gasteiger partial charge in [-0.15, -0.1) is 0 Å². The molecule has 1 saturated heterocycles. The molecule has 1 aliphatic rings. The number of amides is 2. The molecule has 0 bridgehead atoms. The number of hydrogen-bond acceptors (Lipinski definition) is 4.